The first kappa shape index (κ1) is 18.3. The highest BCUT2D eigenvalue weighted by Crippen LogP contribution is 2.22. The average molecular weight is 385 g/mol. The second kappa shape index (κ2) is 8.31. The van der Waals surface area contributed by atoms with Gasteiger partial charge in [0.15, 0.2) is 0 Å². The highest BCUT2D eigenvalue weighted by atomic mass is 19.1. The third-order valence-corrected chi connectivity index (χ3v) is 4.15. The summed E-state index contributed by atoms with van der Waals surface area (Å²) in [6.45, 7) is 0. The fourth-order valence-corrected chi connectivity index (χ4v) is 2.67. The molecule has 5 nitrogen and oxygen atoms in total. The minimum atomic E-state index is -0.353. The Hall–Kier alpha value is -4.06. The van der Waals surface area contributed by atoms with Gasteiger partial charge in [-0.1, -0.05) is 30.3 Å². The van der Waals surface area contributed by atoms with Crippen LogP contribution in [0.2, 0.25) is 0 Å². The normalized spacial score (nSPS) is 10.4. The fourth-order valence-electron chi connectivity index (χ4n) is 2.67. The summed E-state index contributed by atoms with van der Waals surface area (Å²) in [7, 11) is 0. The predicted molar refractivity (Wildman–Crippen MR) is 108 cm³/mol. The molecule has 0 aliphatic carbocycles. The number of aromatic nitrogens is 2. The maximum Gasteiger partial charge on any atom is 0.255 e. The first-order chi connectivity index (χ1) is 14.2. The van der Waals surface area contributed by atoms with E-state index in [9.17, 15) is 9.18 Å². The summed E-state index contributed by atoms with van der Waals surface area (Å²) >= 11 is 0. The van der Waals surface area contributed by atoms with Crippen molar-refractivity contribution in [1.29, 1.82) is 0 Å². The molecule has 0 saturated carbocycles. The molecule has 1 aromatic heterocycles. The minimum Gasteiger partial charge on any atom is -0.438 e. The molecule has 1 heterocycles. The van der Waals surface area contributed by atoms with Crippen LogP contribution in [0.5, 0.6) is 11.6 Å². The number of carbonyl (C=O) groups excluding carboxylic acids is 1. The zero-order chi connectivity index (χ0) is 20.1. The molecule has 0 unspecified atom stereocenters. The van der Waals surface area contributed by atoms with Gasteiger partial charge in [-0.2, -0.15) is 0 Å². The van der Waals surface area contributed by atoms with Gasteiger partial charge in [-0.25, -0.2) is 4.39 Å². The van der Waals surface area contributed by atoms with Gasteiger partial charge < -0.3 is 10.1 Å². The molecule has 0 saturated heterocycles. The van der Waals surface area contributed by atoms with Crippen molar-refractivity contribution in [3.05, 3.63) is 102 Å². The maximum atomic E-state index is 13.0. The fraction of sp³-hybridized carbons (Fsp3) is 0. The van der Waals surface area contributed by atoms with E-state index in [2.05, 4.69) is 15.5 Å². The molecule has 0 fully saturated rings. The van der Waals surface area contributed by atoms with E-state index in [0.29, 0.717) is 28.6 Å². The molecule has 4 rings (SSSR count). The van der Waals surface area contributed by atoms with Crippen molar-refractivity contribution in [3.63, 3.8) is 0 Å². The van der Waals surface area contributed by atoms with Crippen LogP contribution in [0.1, 0.15) is 10.4 Å². The number of anilines is 1. The lowest BCUT2D eigenvalue weighted by molar-refractivity contribution is 0.102. The number of rotatable bonds is 5. The van der Waals surface area contributed by atoms with Crippen LogP contribution >= 0.6 is 0 Å². The molecular weight excluding hydrogens is 369 g/mol. The Balaban J connectivity index is 1.43. The molecule has 1 N–H and O–H groups in total. The second-order valence-corrected chi connectivity index (χ2v) is 6.21. The second-order valence-electron chi connectivity index (χ2n) is 6.21. The Labute approximate surface area is 166 Å². The number of para-hydroxylation sites is 1. The molecule has 0 radical (unpaired) electrons. The van der Waals surface area contributed by atoms with Crippen LogP contribution in [-0.4, -0.2) is 16.1 Å². The van der Waals surface area contributed by atoms with Crippen LogP contribution in [0.15, 0.2) is 91.0 Å². The predicted octanol–water partition coefficient (Wildman–Crippen LogP) is 5.33. The summed E-state index contributed by atoms with van der Waals surface area (Å²) in [4.78, 5) is 12.3. The van der Waals surface area contributed by atoms with Gasteiger partial charge in [-0.05, 0) is 54.6 Å². The Morgan fingerprint density at radius 1 is 0.793 bits per heavy atom. The SMILES string of the molecule is O=C(Nc1ccc(F)cc1)c1ccc(-c2ccc(Oc3ccccc3)nn2)cc1. The number of hydrogen-bond donors (Lipinski definition) is 1. The van der Waals surface area contributed by atoms with E-state index in [1.165, 1.54) is 24.3 Å². The van der Waals surface area contributed by atoms with Gasteiger partial charge in [0.05, 0.1) is 5.69 Å². The number of ether oxygens (including phenoxy) is 1. The number of halogens is 1. The first-order valence-corrected chi connectivity index (χ1v) is 8.91. The Morgan fingerprint density at radius 3 is 2.17 bits per heavy atom. The maximum absolute atomic E-state index is 13.0. The summed E-state index contributed by atoms with van der Waals surface area (Å²) in [5.41, 5.74) is 2.49. The van der Waals surface area contributed by atoms with Crippen LogP contribution in [0.25, 0.3) is 11.3 Å². The Bertz CT molecular complexity index is 1100. The summed E-state index contributed by atoms with van der Waals surface area (Å²) in [5.74, 6) is 0.454. The van der Waals surface area contributed by atoms with Gasteiger partial charge >= 0.3 is 0 Å². The van der Waals surface area contributed by atoms with Gasteiger partial charge in [0.2, 0.25) is 5.88 Å². The van der Waals surface area contributed by atoms with Crippen LogP contribution < -0.4 is 10.1 Å². The van der Waals surface area contributed by atoms with Gasteiger partial charge in [-0.15, -0.1) is 10.2 Å². The van der Waals surface area contributed by atoms with E-state index in [1.807, 2.05) is 30.3 Å². The molecular formula is C23H16FN3O2. The van der Waals surface area contributed by atoms with Crippen LogP contribution in [-0.2, 0) is 0 Å². The molecule has 3 aromatic carbocycles. The molecule has 0 atom stereocenters. The van der Waals surface area contributed by atoms with Crippen molar-refractivity contribution in [2.24, 2.45) is 0 Å². The van der Waals surface area contributed by atoms with E-state index in [-0.39, 0.29) is 11.7 Å². The monoisotopic (exact) mass is 385 g/mol. The summed E-state index contributed by atoms with van der Waals surface area (Å²) in [5, 5.41) is 11.0. The molecule has 0 aliphatic rings. The van der Waals surface area contributed by atoms with Gasteiger partial charge in [0.1, 0.15) is 11.6 Å². The molecule has 0 bridgehead atoms. The number of benzene rings is 3. The highest BCUT2D eigenvalue weighted by Gasteiger charge is 2.08. The van der Waals surface area contributed by atoms with Crippen molar-refractivity contribution < 1.29 is 13.9 Å². The zero-order valence-corrected chi connectivity index (χ0v) is 15.2. The first-order valence-electron chi connectivity index (χ1n) is 8.91. The molecule has 0 spiro atoms. The van der Waals surface area contributed by atoms with Gasteiger partial charge in [-0.3, -0.25) is 4.79 Å². The highest BCUT2D eigenvalue weighted by molar-refractivity contribution is 6.04. The molecule has 6 heteroatoms. The Morgan fingerprint density at radius 2 is 1.52 bits per heavy atom. The van der Waals surface area contributed by atoms with E-state index >= 15 is 0 Å². The Kier molecular flexibility index (Phi) is 5.25. The molecule has 4 aromatic rings. The van der Waals surface area contributed by atoms with Crippen LogP contribution in [0.4, 0.5) is 10.1 Å². The molecule has 0 aliphatic heterocycles. The van der Waals surface area contributed by atoms with Crippen molar-refractivity contribution in [1.82, 2.24) is 10.2 Å². The number of hydrogen-bond acceptors (Lipinski definition) is 4. The van der Waals surface area contributed by atoms with E-state index < -0.39 is 0 Å². The van der Waals surface area contributed by atoms with Crippen molar-refractivity contribution >= 4 is 11.6 Å². The lowest BCUT2D eigenvalue weighted by atomic mass is 10.1. The molecule has 1 amide bonds. The quantitative estimate of drug-likeness (QED) is 0.504. The van der Waals surface area contributed by atoms with Gasteiger partial charge in [0.25, 0.3) is 5.91 Å². The zero-order valence-electron chi connectivity index (χ0n) is 15.2. The van der Waals surface area contributed by atoms with Crippen molar-refractivity contribution in [3.8, 4) is 22.9 Å². The number of nitrogens with one attached hydrogen (secondary N) is 1. The number of amides is 1. The van der Waals surface area contributed by atoms with Crippen molar-refractivity contribution in [2.75, 3.05) is 5.32 Å². The molecule has 142 valence electrons. The standard InChI is InChI=1S/C23H16FN3O2/c24-18-10-12-19(13-11-18)25-23(28)17-8-6-16(7-9-17)21-14-15-22(27-26-21)29-20-4-2-1-3-5-20/h1-15H,(H,25,28). The number of nitrogens with zero attached hydrogens (tertiary/aromatic N) is 2. The molecule has 29 heavy (non-hydrogen) atoms. The summed E-state index contributed by atoms with van der Waals surface area (Å²) in [6.07, 6.45) is 0. The van der Waals surface area contributed by atoms with Gasteiger partial charge in [0, 0.05) is 22.9 Å². The van der Waals surface area contributed by atoms with E-state index in [4.69, 9.17) is 4.74 Å². The van der Waals surface area contributed by atoms with Crippen molar-refractivity contribution in [2.45, 2.75) is 0 Å². The van der Waals surface area contributed by atoms with Crippen LogP contribution in [0, 0.1) is 5.82 Å². The van der Waals surface area contributed by atoms with Crippen LogP contribution in [0.3, 0.4) is 0 Å². The third-order valence-electron chi connectivity index (χ3n) is 4.15. The minimum absolute atomic E-state index is 0.277. The topological polar surface area (TPSA) is 64.1 Å². The van der Waals surface area contributed by atoms with E-state index in [1.54, 1.807) is 36.4 Å². The third kappa shape index (κ3) is 4.62. The largest absolute Gasteiger partial charge is 0.438 e. The lowest BCUT2D eigenvalue weighted by Gasteiger charge is -2.07. The number of carbonyl (C=O) groups is 1. The lowest BCUT2D eigenvalue weighted by Crippen LogP contribution is -2.11. The summed E-state index contributed by atoms with van der Waals surface area (Å²) < 4.78 is 18.6. The smallest absolute Gasteiger partial charge is 0.255 e. The summed E-state index contributed by atoms with van der Waals surface area (Å²) in [6, 6.07) is 25.5. The average Bonchev–Trinajstić information content (AvgIpc) is 2.77. The van der Waals surface area contributed by atoms with E-state index in [0.717, 1.165) is 5.56 Å².